The summed E-state index contributed by atoms with van der Waals surface area (Å²) in [5.74, 6) is 0. The number of rotatable bonds is 0. The molecule has 0 aliphatic carbocycles. The van der Waals surface area contributed by atoms with Crippen LogP contribution in [0.4, 0.5) is 0 Å². The standard InChI is InChI=1S/C41H38N3/c1-27-25-28(2)38-36-18-10-12-22-43(36)24-20-32-14-6-8-16-34(32)40-30(4)26-29(3)39-33-15-7-5-13-31(33)19-23-42-21-11-9-17-35(42)37(27)41(38)44(39)40/h5-18,21-22,25-26H,19-20,23-24H2,1-4H3/q+3. The van der Waals surface area contributed by atoms with E-state index in [0.29, 0.717) is 0 Å². The molecule has 0 N–H and O–H groups in total. The minimum Gasteiger partial charge on any atom is -0.198 e. The maximum atomic E-state index is 2.66. The highest BCUT2D eigenvalue weighted by Crippen LogP contribution is 2.41. The monoisotopic (exact) mass is 572 g/mol. The largest absolute Gasteiger partial charge is 0.240 e. The van der Waals surface area contributed by atoms with E-state index in [0.717, 1.165) is 25.9 Å². The maximum absolute atomic E-state index is 2.66. The van der Waals surface area contributed by atoms with E-state index >= 15 is 0 Å². The van der Waals surface area contributed by atoms with Crippen LogP contribution in [0.25, 0.3) is 50.7 Å². The van der Waals surface area contributed by atoms with Crippen molar-refractivity contribution in [2.24, 2.45) is 0 Å². The molecule has 2 aliphatic rings. The van der Waals surface area contributed by atoms with Gasteiger partial charge in [-0.1, -0.05) is 42.5 Å². The summed E-state index contributed by atoms with van der Waals surface area (Å²) in [6.07, 6.45) is 6.45. The lowest BCUT2D eigenvalue weighted by Crippen LogP contribution is -2.45. The Balaban J connectivity index is 1.71. The van der Waals surface area contributed by atoms with E-state index in [1.165, 1.54) is 84.1 Å². The van der Waals surface area contributed by atoms with Crippen LogP contribution in [-0.4, -0.2) is 0 Å². The first-order chi connectivity index (χ1) is 21.5. The number of aromatic nitrogens is 3. The summed E-state index contributed by atoms with van der Waals surface area (Å²) >= 11 is 0. The average Bonchev–Trinajstić information content (AvgIpc) is 3.03. The van der Waals surface area contributed by atoms with Gasteiger partial charge in [-0.2, -0.15) is 13.7 Å². The molecule has 0 spiro atoms. The molecule has 0 unspecified atom stereocenters. The van der Waals surface area contributed by atoms with Gasteiger partial charge < -0.3 is 0 Å². The minimum absolute atomic E-state index is 0.918. The van der Waals surface area contributed by atoms with Crippen molar-refractivity contribution >= 4 is 0 Å². The Kier molecular flexibility index (Phi) is 6.30. The van der Waals surface area contributed by atoms with Gasteiger partial charge in [-0.3, -0.25) is 0 Å². The first-order valence-electron chi connectivity index (χ1n) is 15.9. The highest BCUT2D eigenvalue weighted by molar-refractivity contribution is 5.85. The Morgan fingerprint density at radius 1 is 0.477 bits per heavy atom. The van der Waals surface area contributed by atoms with Crippen LogP contribution in [-0.2, 0) is 25.9 Å². The van der Waals surface area contributed by atoms with Crippen LogP contribution in [0.3, 0.4) is 0 Å². The van der Waals surface area contributed by atoms with Gasteiger partial charge in [-0.05, 0) is 80.3 Å². The molecule has 0 radical (unpaired) electrons. The number of aryl methyl sites for hydroxylation is 8. The molecule has 0 amide bonds. The summed E-state index contributed by atoms with van der Waals surface area (Å²) < 4.78 is 7.60. The summed E-state index contributed by atoms with van der Waals surface area (Å²) in [4.78, 5) is 0. The highest BCUT2D eigenvalue weighted by atomic mass is 15.0. The van der Waals surface area contributed by atoms with E-state index in [2.05, 4.69) is 151 Å². The molecular weight excluding hydrogens is 534 g/mol. The van der Waals surface area contributed by atoms with Gasteiger partial charge in [0.15, 0.2) is 25.5 Å². The first kappa shape index (κ1) is 26.7. The summed E-state index contributed by atoms with van der Waals surface area (Å²) in [6, 6.07) is 36.4. The van der Waals surface area contributed by atoms with E-state index in [4.69, 9.17) is 0 Å². The molecule has 8 rings (SSSR count). The number of hydrogen-bond donors (Lipinski definition) is 0. The van der Waals surface area contributed by atoms with Crippen molar-refractivity contribution in [3.05, 3.63) is 143 Å². The van der Waals surface area contributed by atoms with Crippen molar-refractivity contribution in [1.29, 1.82) is 0 Å². The first-order valence-corrected chi connectivity index (χ1v) is 15.9. The van der Waals surface area contributed by atoms with Gasteiger partial charge in [0.1, 0.15) is 11.1 Å². The molecule has 2 aliphatic heterocycles. The van der Waals surface area contributed by atoms with Gasteiger partial charge in [0.05, 0.1) is 11.1 Å². The highest BCUT2D eigenvalue weighted by Gasteiger charge is 2.40. The Labute approximate surface area is 260 Å². The second-order valence-electron chi connectivity index (χ2n) is 12.5. The van der Waals surface area contributed by atoms with Gasteiger partial charge in [-0.25, -0.2) is 0 Å². The zero-order chi connectivity index (χ0) is 29.9. The third kappa shape index (κ3) is 4.06. The van der Waals surface area contributed by atoms with Crippen LogP contribution >= 0.6 is 0 Å². The number of hydrogen-bond acceptors (Lipinski definition) is 0. The quantitative estimate of drug-likeness (QED) is 0.167. The number of fused-ring (bicyclic) bond motifs is 8. The molecule has 0 atom stereocenters. The van der Waals surface area contributed by atoms with Crippen LogP contribution < -0.4 is 13.7 Å². The van der Waals surface area contributed by atoms with Gasteiger partial charge in [0.2, 0.25) is 28.5 Å². The molecule has 214 valence electrons. The van der Waals surface area contributed by atoms with Crippen LogP contribution in [0.5, 0.6) is 0 Å². The topological polar surface area (TPSA) is 11.6 Å². The SMILES string of the molecule is Cc1cc(C)c2c3c1-c1cccc[n+]1CCc1ccccc1-c1c(C)cc(C)c([n+]1-3)-c1ccccc1CC[n+]1ccccc1-2. The van der Waals surface area contributed by atoms with E-state index in [-0.39, 0.29) is 0 Å². The van der Waals surface area contributed by atoms with Crippen LogP contribution in [0.2, 0.25) is 0 Å². The fraction of sp³-hybridized carbons (Fsp3) is 0.195. The fourth-order valence-electron chi connectivity index (χ4n) is 7.87. The Bertz CT molecular complexity index is 1820. The summed E-state index contributed by atoms with van der Waals surface area (Å²) in [5.41, 5.74) is 19.6. The molecule has 0 bridgehead atoms. The van der Waals surface area contributed by atoms with Gasteiger partial charge in [-0.15, -0.1) is 0 Å². The molecule has 0 saturated carbocycles. The van der Waals surface area contributed by atoms with Crippen molar-refractivity contribution in [2.45, 2.75) is 53.6 Å². The lowest BCUT2D eigenvalue weighted by Gasteiger charge is -2.23. The van der Waals surface area contributed by atoms with E-state index in [9.17, 15) is 0 Å². The van der Waals surface area contributed by atoms with Crippen LogP contribution in [0, 0.1) is 27.7 Å². The molecule has 0 saturated heterocycles. The molecular formula is C41H38N3+3. The molecule has 3 heteroatoms. The molecule has 3 nitrogen and oxygen atoms in total. The van der Waals surface area contributed by atoms with Crippen LogP contribution in [0.15, 0.2) is 109 Å². The Morgan fingerprint density at radius 3 is 1.41 bits per heavy atom. The molecule has 0 fully saturated rings. The smallest absolute Gasteiger partial charge is 0.198 e. The second kappa shape index (κ2) is 10.4. The summed E-state index contributed by atoms with van der Waals surface area (Å²) in [5, 5.41) is 0. The zero-order valence-electron chi connectivity index (χ0n) is 26.1. The van der Waals surface area contributed by atoms with Crippen molar-refractivity contribution in [2.75, 3.05) is 0 Å². The molecule has 3 aromatic heterocycles. The molecule has 44 heavy (non-hydrogen) atoms. The average molecular weight is 573 g/mol. The summed E-state index contributed by atoms with van der Waals surface area (Å²) in [7, 11) is 0. The van der Waals surface area contributed by atoms with Gasteiger partial charge in [0, 0.05) is 48.2 Å². The van der Waals surface area contributed by atoms with E-state index in [1.54, 1.807) is 0 Å². The third-order valence-corrected chi connectivity index (χ3v) is 9.73. The van der Waals surface area contributed by atoms with Gasteiger partial charge in [0.25, 0.3) is 0 Å². The van der Waals surface area contributed by atoms with Gasteiger partial charge >= 0.3 is 0 Å². The number of pyridine rings is 3. The Morgan fingerprint density at radius 2 is 0.909 bits per heavy atom. The minimum atomic E-state index is 0.918. The van der Waals surface area contributed by atoms with Crippen LogP contribution in [0.1, 0.15) is 33.4 Å². The molecule has 6 aromatic rings. The maximum Gasteiger partial charge on any atom is 0.240 e. The van der Waals surface area contributed by atoms with E-state index < -0.39 is 0 Å². The second-order valence-corrected chi connectivity index (χ2v) is 12.5. The van der Waals surface area contributed by atoms with E-state index in [1.807, 2.05) is 0 Å². The fourth-order valence-corrected chi connectivity index (χ4v) is 7.87. The van der Waals surface area contributed by atoms with Crippen molar-refractivity contribution < 1.29 is 13.7 Å². The predicted molar refractivity (Wildman–Crippen MR) is 176 cm³/mol. The lowest BCUT2D eigenvalue weighted by molar-refractivity contribution is -0.686. The van der Waals surface area contributed by atoms with Crippen molar-refractivity contribution in [1.82, 2.24) is 0 Å². The normalized spacial score (nSPS) is 13.1. The number of nitrogens with zero attached hydrogens (tertiary/aromatic N) is 3. The molecule has 5 heterocycles. The number of benzene rings is 3. The zero-order valence-corrected chi connectivity index (χ0v) is 26.1. The predicted octanol–water partition coefficient (Wildman–Crippen LogP) is 7.55. The lowest BCUT2D eigenvalue weighted by atomic mass is 9.87. The third-order valence-electron chi connectivity index (χ3n) is 9.73. The van der Waals surface area contributed by atoms with Crippen molar-refractivity contribution in [3.63, 3.8) is 0 Å². The summed E-state index contributed by atoms with van der Waals surface area (Å²) in [6.45, 7) is 11.0. The Hall–Kier alpha value is -4.89. The van der Waals surface area contributed by atoms with Crippen molar-refractivity contribution in [3.8, 4) is 50.7 Å². The molecule has 3 aromatic carbocycles.